The van der Waals surface area contributed by atoms with Crippen molar-refractivity contribution in [3.8, 4) is 11.1 Å². The Labute approximate surface area is 123 Å². The molecule has 0 saturated carbocycles. The summed E-state index contributed by atoms with van der Waals surface area (Å²) in [5.74, 6) is -0.255. The molecule has 0 spiro atoms. The largest absolute Gasteiger partial charge is 0.395 e. The molecule has 4 nitrogen and oxygen atoms in total. The molecule has 0 radical (unpaired) electrons. The van der Waals surface area contributed by atoms with Crippen LogP contribution in [0.4, 0.5) is 5.69 Å². The number of benzene rings is 2. The van der Waals surface area contributed by atoms with E-state index in [2.05, 4.69) is 11.4 Å². The highest BCUT2D eigenvalue weighted by molar-refractivity contribution is 5.95. The lowest BCUT2D eigenvalue weighted by Gasteiger charge is -2.12. The standard InChI is InChI=1S/C17H18N2O2/c1-10(18)17(21)19-11-6-7-14-12-4-2-3-5-13(12)16(9-20)15(14)8-11/h2-8,10,16,20H,9,18H2,1H3,(H,19,21)/t10-,16?/m0/s1. The summed E-state index contributed by atoms with van der Waals surface area (Å²) in [7, 11) is 0. The highest BCUT2D eigenvalue weighted by Crippen LogP contribution is 2.45. The number of nitrogens with one attached hydrogen (secondary N) is 1. The van der Waals surface area contributed by atoms with Gasteiger partial charge < -0.3 is 16.2 Å². The van der Waals surface area contributed by atoms with Crippen molar-refractivity contribution in [2.45, 2.75) is 18.9 Å². The third kappa shape index (κ3) is 2.33. The van der Waals surface area contributed by atoms with Gasteiger partial charge in [-0.05, 0) is 41.3 Å². The second-order valence-corrected chi connectivity index (χ2v) is 5.40. The number of anilines is 1. The predicted molar refractivity (Wildman–Crippen MR) is 83.1 cm³/mol. The summed E-state index contributed by atoms with van der Waals surface area (Å²) >= 11 is 0. The van der Waals surface area contributed by atoms with Gasteiger partial charge in [0.15, 0.2) is 0 Å². The van der Waals surface area contributed by atoms with Gasteiger partial charge in [-0.3, -0.25) is 4.79 Å². The molecule has 0 saturated heterocycles. The Morgan fingerprint density at radius 2 is 1.95 bits per heavy atom. The van der Waals surface area contributed by atoms with Crippen molar-refractivity contribution in [2.24, 2.45) is 5.73 Å². The number of nitrogens with two attached hydrogens (primary N) is 1. The van der Waals surface area contributed by atoms with Crippen molar-refractivity contribution in [1.82, 2.24) is 0 Å². The summed E-state index contributed by atoms with van der Waals surface area (Å²) in [5, 5.41) is 12.5. The molecule has 2 aromatic rings. The molecule has 0 aromatic heterocycles. The fourth-order valence-corrected chi connectivity index (χ4v) is 2.84. The SMILES string of the molecule is C[C@H](N)C(=O)Nc1ccc2c(c1)C(CO)c1ccccc1-2. The Bertz CT molecular complexity index is 695. The van der Waals surface area contributed by atoms with Gasteiger partial charge >= 0.3 is 0 Å². The lowest BCUT2D eigenvalue weighted by Crippen LogP contribution is -2.32. The zero-order valence-corrected chi connectivity index (χ0v) is 11.8. The van der Waals surface area contributed by atoms with Gasteiger partial charge in [0.2, 0.25) is 5.91 Å². The maximum atomic E-state index is 11.7. The molecule has 0 aliphatic heterocycles. The summed E-state index contributed by atoms with van der Waals surface area (Å²) in [6.07, 6.45) is 0. The fraction of sp³-hybridized carbons (Fsp3) is 0.235. The second-order valence-electron chi connectivity index (χ2n) is 5.40. The molecule has 0 bridgehead atoms. The van der Waals surface area contributed by atoms with Gasteiger partial charge in [0.1, 0.15) is 0 Å². The van der Waals surface area contributed by atoms with Crippen molar-refractivity contribution in [3.05, 3.63) is 53.6 Å². The third-order valence-electron chi connectivity index (χ3n) is 3.92. The van der Waals surface area contributed by atoms with Gasteiger partial charge in [-0.2, -0.15) is 0 Å². The number of aliphatic hydroxyl groups is 1. The summed E-state index contributed by atoms with van der Waals surface area (Å²) in [6, 6.07) is 13.3. The van der Waals surface area contributed by atoms with Crippen molar-refractivity contribution in [1.29, 1.82) is 0 Å². The Hall–Kier alpha value is -2.17. The van der Waals surface area contributed by atoms with Crippen LogP contribution in [-0.2, 0) is 4.79 Å². The molecule has 108 valence electrons. The first-order valence-corrected chi connectivity index (χ1v) is 7.02. The first-order valence-electron chi connectivity index (χ1n) is 7.02. The maximum absolute atomic E-state index is 11.7. The minimum absolute atomic E-state index is 0.0386. The molecule has 1 aliphatic rings. The predicted octanol–water partition coefficient (Wildman–Crippen LogP) is 2.08. The minimum Gasteiger partial charge on any atom is -0.395 e. The van der Waals surface area contributed by atoms with E-state index in [9.17, 15) is 9.90 Å². The van der Waals surface area contributed by atoms with Crippen LogP contribution < -0.4 is 11.1 Å². The molecule has 0 heterocycles. The zero-order valence-electron chi connectivity index (χ0n) is 11.8. The molecular weight excluding hydrogens is 264 g/mol. The molecule has 21 heavy (non-hydrogen) atoms. The lowest BCUT2D eigenvalue weighted by atomic mass is 9.98. The molecule has 1 unspecified atom stereocenters. The summed E-state index contributed by atoms with van der Waals surface area (Å²) in [5.41, 5.74) is 10.7. The fourth-order valence-electron chi connectivity index (χ4n) is 2.84. The van der Waals surface area contributed by atoms with E-state index < -0.39 is 6.04 Å². The van der Waals surface area contributed by atoms with Gasteiger partial charge in [0.25, 0.3) is 0 Å². The van der Waals surface area contributed by atoms with Crippen LogP contribution in [0.3, 0.4) is 0 Å². The monoisotopic (exact) mass is 282 g/mol. The Morgan fingerprint density at radius 1 is 1.24 bits per heavy atom. The number of hydrogen-bond donors (Lipinski definition) is 3. The van der Waals surface area contributed by atoms with Crippen molar-refractivity contribution in [3.63, 3.8) is 0 Å². The number of amides is 1. The average molecular weight is 282 g/mol. The Morgan fingerprint density at radius 3 is 2.67 bits per heavy atom. The Kier molecular flexibility index (Phi) is 3.49. The number of carbonyl (C=O) groups is 1. The summed E-state index contributed by atoms with van der Waals surface area (Å²) < 4.78 is 0. The molecular formula is C17H18N2O2. The molecule has 3 rings (SSSR count). The van der Waals surface area contributed by atoms with E-state index in [0.717, 1.165) is 22.3 Å². The number of fused-ring (bicyclic) bond motifs is 3. The minimum atomic E-state index is -0.552. The van der Waals surface area contributed by atoms with E-state index in [1.165, 1.54) is 0 Å². The molecule has 2 atom stereocenters. The van der Waals surface area contributed by atoms with Crippen LogP contribution in [-0.4, -0.2) is 23.7 Å². The Balaban J connectivity index is 2.01. The molecule has 1 aliphatic carbocycles. The molecule has 4 heteroatoms. The number of aliphatic hydroxyl groups excluding tert-OH is 1. The highest BCUT2D eigenvalue weighted by atomic mass is 16.3. The van der Waals surface area contributed by atoms with E-state index in [1.54, 1.807) is 6.92 Å². The highest BCUT2D eigenvalue weighted by Gasteiger charge is 2.28. The van der Waals surface area contributed by atoms with Crippen LogP contribution >= 0.6 is 0 Å². The average Bonchev–Trinajstić information content (AvgIpc) is 2.80. The van der Waals surface area contributed by atoms with Crippen LogP contribution in [0.1, 0.15) is 24.0 Å². The maximum Gasteiger partial charge on any atom is 0.240 e. The van der Waals surface area contributed by atoms with Crippen LogP contribution in [0.25, 0.3) is 11.1 Å². The van der Waals surface area contributed by atoms with E-state index in [4.69, 9.17) is 5.73 Å². The van der Waals surface area contributed by atoms with Gasteiger partial charge in [0.05, 0.1) is 12.6 Å². The number of hydrogen-bond acceptors (Lipinski definition) is 3. The normalized spacial score (nSPS) is 17.0. The van der Waals surface area contributed by atoms with Crippen LogP contribution in [0.2, 0.25) is 0 Å². The van der Waals surface area contributed by atoms with Gasteiger partial charge in [0, 0.05) is 11.6 Å². The van der Waals surface area contributed by atoms with E-state index >= 15 is 0 Å². The lowest BCUT2D eigenvalue weighted by molar-refractivity contribution is -0.117. The van der Waals surface area contributed by atoms with Gasteiger partial charge in [-0.25, -0.2) is 0 Å². The second kappa shape index (κ2) is 5.31. The van der Waals surface area contributed by atoms with Gasteiger partial charge in [-0.1, -0.05) is 30.3 Å². The van der Waals surface area contributed by atoms with Crippen molar-refractivity contribution >= 4 is 11.6 Å². The van der Waals surface area contributed by atoms with Crippen LogP contribution in [0, 0.1) is 0 Å². The smallest absolute Gasteiger partial charge is 0.240 e. The molecule has 4 N–H and O–H groups in total. The topological polar surface area (TPSA) is 75.4 Å². The van der Waals surface area contributed by atoms with E-state index in [0.29, 0.717) is 5.69 Å². The van der Waals surface area contributed by atoms with Crippen LogP contribution in [0.15, 0.2) is 42.5 Å². The van der Waals surface area contributed by atoms with E-state index in [1.807, 2.05) is 36.4 Å². The first-order chi connectivity index (χ1) is 10.1. The summed E-state index contributed by atoms with van der Waals surface area (Å²) in [6.45, 7) is 1.70. The number of rotatable bonds is 3. The molecule has 2 aromatic carbocycles. The summed E-state index contributed by atoms with van der Waals surface area (Å²) in [4.78, 5) is 11.7. The zero-order chi connectivity index (χ0) is 15.0. The first kappa shape index (κ1) is 13.8. The molecule has 1 amide bonds. The molecule has 0 fully saturated rings. The van der Waals surface area contributed by atoms with Crippen molar-refractivity contribution < 1.29 is 9.90 Å². The van der Waals surface area contributed by atoms with Gasteiger partial charge in [-0.15, -0.1) is 0 Å². The quantitative estimate of drug-likeness (QED) is 0.806. The number of carbonyl (C=O) groups excluding carboxylic acids is 1. The third-order valence-corrected chi connectivity index (χ3v) is 3.92. The van der Waals surface area contributed by atoms with E-state index in [-0.39, 0.29) is 18.4 Å². The van der Waals surface area contributed by atoms with Crippen LogP contribution in [0.5, 0.6) is 0 Å². The van der Waals surface area contributed by atoms with Crippen molar-refractivity contribution in [2.75, 3.05) is 11.9 Å².